The maximum atomic E-state index is 4.63. The van der Waals surface area contributed by atoms with Crippen molar-refractivity contribution >= 4 is 0 Å². The Kier molecular flexibility index (Phi) is 5.16. The van der Waals surface area contributed by atoms with Gasteiger partial charge in [-0.05, 0) is 63.0 Å². The molecule has 0 radical (unpaired) electrons. The molecule has 1 aliphatic rings. The van der Waals surface area contributed by atoms with Crippen LogP contribution >= 0.6 is 0 Å². The first-order valence-electron chi connectivity index (χ1n) is 9.68. The molecular formula is C21H27N5. The topological polar surface area (TPSA) is 38.9 Å². The molecule has 5 nitrogen and oxygen atoms in total. The standard InChI is InChI=1S/C21H27N5/c1-2-24-14-9-18(10-15-24)11-16-25-17-13-22-21(25)20-8-12-23-26(20)19-6-4-3-5-7-19/h3-8,12-13,17-18H,2,9-11,14-16H2,1H3. The highest BCUT2D eigenvalue weighted by molar-refractivity contribution is 5.54. The van der Waals surface area contributed by atoms with Gasteiger partial charge in [0.1, 0.15) is 5.69 Å². The van der Waals surface area contributed by atoms with Gasteiger partial charge in [0.05, 0.1) is 11.9 Å². The third kappa shape index (κ3) is 3.58. The first-order valence-corrected chi connectivity index (χ1v) is 9.68. The van der Waals surface area contributed by atoms with E-state index in [-0.39, 0.29) is 0 Å². The van der Waals surface area contributed by atoms with Crippen LogP contribution in [0.15, 0.2) is 55.0 Å². The van der Waals surface area contributed by atoms with Crippen LogP contribution in [0.2, 0.25) is 0 Å². The van der Waals surface area contributed by atoms with Crippen LogP contribution in [-0.2, 0) is 6.54 Å². The van der Waals surface area contributed by atoms with Gasteiger partial charge < -0.3 is 9.47 Å². The molecule has 1 aliphatic heterocycles. The van der Waals surface area contributed by atoms with E-state index in [1.807, 2.05) is 41.3 Å². The number of nitrogens with zero attached hydrogens (tertiary/aromatic N) is 5. The SMILES string of the molecule is CCN1CCC(CCn2ccnc2-c2ccnn2-c2ccccc2)CC1. The molecule has 0 atom stereocenters. The van der Waals surface area contributed by atoms with E-state index in [0.717, 1.165) is 29.7 Å². The number of hydrogen-bond donors (Lipinski definition) is 0. The summed E-state index contributed by atoms with van der Waals surface area (Å²) in [6, 6.07) is 12.3. The molecule has 1 saturated heterocycles. The molecule has 0 unspecified atom stereocenters. The number of aromatic nitrogens is 4. The fourth-order valence-corrected chi connectivity index (χ4v) is 3.88. The van der Waals surface area contributed by atoms with Crippen molar-refractivity contribution in [1.29, 1.82) is 0 Å². The third-order valence-corrected chi connectivity index (χ3v) is 5.52. The quantitative estimate of drug-likeness (QED) is 0.678. The summed E-state index contributed by atoms with van der Waals surface area (Å²) in [5.41, 5.74) is 2.11. The van der Waals surface area contributed by atoms with Gasteiger partial charge >= 0.3 is 0 Å². The number of para-hydroxylation sites is 1. The summed E-state index contributed by atoms with van der Waals surface area (Å²) < 4.78 is 4.25. The number of benzene rings is 1. The van der Waals surface area contributed by atoms with Gasteiger partial charge in [0, 0.05) is 18.9 Å². The Morgan fingerprint density at radius 2 is 1.85 bits per heavy atom. The molecule has 0 N–H and O–H groups in total. The minimum absolute atomic E-state index is 0.826. The van der Waals surface area contributed by atoms with Crippen molar-refractivity contribution in [2.45, 2.75) is 32.7 Å². The highest BCUT2D eigenvalue weighted by Crippen LogP contribution is 2.24. The molecule has 2 aromatic heterocycles. The normalized spacial score (nSPS) is 16.2. The first kappa shape index (κ1) is 17.0. The van der Waals surface area contributed by atoms with Gasteiger partial charge in [-0.1, -0.05) is 25.1 Å². The zero-order chi connectivity index (χ0) is 17.8. The number of aryl methyl sites for hydroxylation is 1. The van der Waals surface area contributed by atoms with Crippen molar-refractivity contribution < 1.29 is 0 Å². The fourth-order valence-electron chi connectivity index (χ4n) is 3.88. The van der Waals surface area contributed by atoms with Crippen LogP contribution in [0.3, 0.4) is 0 Å². The summed E-state index contributed by atoms with van der Waals surface area (Å²) in [7, 11) is 0. The molecule has 136 valence electrons. The van der Waals surface area contributed by atoms with Crippen LogP contribution < -0.4 is 0 Å². The molecule has 5 heteroatoms. The summed E-state index contributed by atoms with van der Waals surface area (Å²) in [6.45, 7) is 6.96. The molecule has 0 aliphatic carbocycles. The zero-order valence-corrected chi connectivity index (χ0v) is 15.5. The van der Waals surface area contributed by atoms with Crippen LogP contribution in [0, 0.1) is 5.92 Å². The number of rotatable bonds is 6. The maximum absolute atomic E-state index is 4.63. The van der Waals surface area contributed by atoms with Gasteiger partial charge in [-0.25, -0.2) is 9.67 Å². The molecular weight excluding hydrogens is 322 g/mol. The Bertz CT molecular complexity index is 812. The van der Waals surface area contributed by atoms with E-state index >= 15 is 0 Å². The second kappa shape index (κ2) is 7.87. The van der Waals surface area contributed by atoms with Crippen molar-refractivity contribution in [3.05, 3.63) is 55.0 Å². The average molecular weight is 349 g/mol. The van der Waals surface area contributed by atoms with E-state index < -0.39 is 0 Å². The first-order chi connectivity index (χ1) is 12.8. The van der Waals surface area contributed by atoms with Crippen molar-refractivity contribution in [3.8, 4) is 17.2 Å². The van der Waals surface area contributed by atoms with Crippen LogP contribution in [0.25, 0.3) is 17.2 Å². The molecule has 0 bridgehead atoms. The van der Waals surface area contributed by atoms with E-state index in [2.05, 4.69) is 44.8 Å². The number of likely N-dealkylation sites (tertiary alicyclic amines) is 1. The minimum atomic E-state index is 0.826. The zero-order valence-electron chi connectivity index (χ0n) is 15.5. The molecule has 1 fully saturated rings. The largest absolute Gasteiger partial charge is 0.330 e. The summed E-state index contributed by atoms with van der Waals surface area (Å²) >= 11 is 0. The van der Waals surface area contributed by atoms with E-state index in [1.165, 1.54) is 38.9 Å². The van der Waals surface area contributed by atoms with Crippen LogP contribution in [0.1, 0.15) is 26.2 Å². The lowest BCUT2D eigenvalue weighted by atomic mass is 9.93. The lowest BCUT2D eigenvalue weighted by Crippen LogP contribution is -2.33. The summed E-state index contributed by atoms with van der Waals surface area (Å²) in [5.74, 6) is 1.82. The van der Waals surface area contributed by atoms with Crippen molar-refractivity contribution in [1.82, 2.24) is 24.2 Å². The predicted molar refractivity (Wildman–Crippen MR) is 104 cm³/mol. The van der Waals surface area contributed by atoms with Crippen LogP contribution in [-0.4, -0.2) is 43.9 Å². The summed E-state index contributed by atoms with van der Waals surface area (Å²) in [4.78, 5) is 7.18. The average Bonchev–Trinajstić information content (AvgIpc) is 3.36. The highest BCUT2D eigenvalue weighted by atomic mass is 15.3. The molecule has 3 heterocycles. The maximum Gasteiger partial charge on any atom is 0.158 e. The Labute approximate surface area is 155 Å². The lowest BCUT2D eigenvalue weighted by molar-refractivity contribution is 0.183. The Balaban J connectivity index is 1.48. The molecule has 0 amide bonds. The summed E-state index contributed by atoms with van der Waals surface area (Å²) in [6.07, 6.45) is 9.71. The van der Waals surface area contributed by atoms with Gasteiger partial charge in [-0.2, -0.15) is 5.10 Å². The lowest BCUT2D eigenvalue weighted by Gasteiger charge is -2.31. The minimum Gasteiger partial charge on any atom is -0.330 e. The molecule has 4 rings (SSSR count). The third-order valence-electron chi connectivity index (χ3n) is 5.52. The second-order valence-electron chi connectivity index (χ2n) is 7.07. The van der Waals surface area contributed by atoms with Gasteiger partial charge in [-0.3, -0.25) is 0 Å². The molecule has 1 aromatic carbocycles. The highest BCUT2D eigenvalue weighted by Gasteiger charge is 2.19. The fraction of sp³-hybridized carbons (Fsp3) is 0.429. The second-order valence-corrected chi connectivity index (χ2v) is 7.07. The smallest absolute Gasteiger partial charge is 0.158 e. The molecule has 3 aromatic rings. The van der Waals surface area contributed by atoms with Gasteiger partial charge in [0.15, 0.2) is 5.82 Å². The van der Waals surface area contributed by atoms with E-state index in [0.29, 0.717) is 0 Å². The van der Waals surface area contributed by atoms with Gasteiger partial charge in [-0.15, -0.1) is 0 Å². The number of imidazole rings is 1. The van der Waals surface area contributed by atoms with E-state index in [9.17, 15) is 0 Å². The van der Waals surface area contributed by atoms with Gasteiger partial charge in [0.25, 0.3) is 0 Å². The van der Waals surface area contributed by atoms with Crippen molar-refractivity contribution in [3.63, 3.8) is 0 Å². The van der Waals surface area contributed by atoms with E-state index in [4.69, 9.17) is 0 Å². The number of piperidine rings is 1. The molecule has 0 spiro atoms. The van der Waals surface area contributed by atoms with Crippen LogP contribution in [0.4, 0.5) is 0 Å². The van der Waals surface area contributed by atoms with E-state index in [1.54, 1.807) is 0 Å². The summed E-state index contributed by atoms with van der Waals surface area (Å²) in [5, 5.41) is 4.51. The number of hydrogen-bond acceptors (Lipinski definition) is 3. The molecule has 0 saturated carbocycles. The Hall–Kier alpha value is -2.40. The molecule has 26 heavy (non-hydrogen) atoms. The van der Waals surface area contributed by atoms with Crippen molar-refractivity contribution in [2.75, 3.05) is 19.6 Å². The van der Waals surface area contributed by atoms with Crippen molar-refractivity contribution in [2.24, 2.45) is 5.92 Å². The monoisotopic (exact) mass is 349 g/mol. The predicted octanol–water partition coefficient (Wildman–Crippen LogP) is 3.86. The Morgan fingerprint density at radius 1 is 1.04 bits per heavy atom. The Morgan fingerprint density at radius 3 is 2.62 bits per heavy atom. The van der Waals surface area contributed by atoms with Crippen LogP contribution in [0.5, 0.6) is 0 Å². The van der Waals surface area contributed by atoms with Gasteiger partial charge in [0.2, 0.25) is 0 Å².